The number of nitrogens with one attached hydrogen (secondary N) is 1. The summed E-state index contributed by atoms with van der Waals surface area (Å²) in [5, 5.41) is 13.4. The van der Waals surface area contributed by atoms with Crippen LogP contribution in [0.15, 0.2) is 24.3 Å². The molecule has 2 bridgehead atoms. The third-order valence-electron chi connectivity index (χ3n) is 7.44. The van der Waals surface area contributed by atoms with E-state index in [0.29, 0.717) is 49.9 Å². The highest BCUT2D eigenvalue weighted by Crippen LogP contribution is 2.29. The molecule has 2 amide bonds. The van der Waals surface area contributed by atoms with Crippen LogP contribution in [0.3, 0.4) is 0 Å². The molecule has 8 heteroatoms. The Bertz CT molecular complexity index is 845. The Morgan fingerprint density at radius 1 is 1.03 bits per heavy atom. The van der Waals surface area contributed by atoms with E-state index in [1.807, 2.05) is 18.2 Å². The molecule has 174 valence electrons. The number of hydrogen-bond donors (Lipinski definition) is 2. The Hall–Kier alpha value is -2.16. The first-order chi connectivity index (χ1) is 15.6. The van der Waals surface area contributed by atoms with Gasteiger partial charge in [0.1, 0.15) is 17.9 Å². The number of rotatable bonds is 1. The van der Waals surface area contributed by atoms with Crippen LogP contribution in [-0.2, 0) is 9.53 Å². The number of para-hydroxylation sites is 1. The number of ether oxygens (including phenoxy) is 2. The summed E-state index contributed by atoms with van der Waals surface area (Å²) in [6.07, 6.45) is 4.52. The average molecular weight is 444 g/mol. The lowest BCUT2D eigenvalue weighted by molar-refractivity contribution is -0.136. The van der Waals surface area contributed by atoms with Crippen molar-refractivity contribution in [1.82, 2.24) is 15.1 Å². The predicted octanol–water partition coefficient (Wildman–Crippen LogP) is 1.17. The van der Waals surface area contributed by atoms with Gasteiger partial charge in [0.05, 0.1) is 24.4 Å². The van der Waals surface area contributed by atoms with Crippen LogP contribution >= 0.6 is 0 Å². The van der Waals surface area contributed by atoms with Gasteiger partial charge in [-0.3, -0.25) is 14.5 Å². The Labute approximate surface area is 188 Å². The number of aliphatic hydroxyl groups is 1. The number of benzene rings is 1. The molecule has 2 saturated heterocycles. The Balaban J connectivity index is 1.43. The number of nitrogens with zero attached hydrogens (tertiary/aromatic N) is 2. The van der Waals surface area contributed by atoms with E-state index in [2.05, 4.69) is 10.2 Å². The van der Waals surface area contributed by atoms with E-state index >= 15 is 0 Å². The molecule has 3 aliphatic heterocycles. The maximum Gasteiger partial charge on any atom is 0.258 e. The molecule has 1 aromatic carbocycles. The number of hydrogen-bond acceptors (Lipinski definition) is 6. The van der Waals surface area contributed by atoms with Crippen LogP contribution in [0.5, 0.6) is 5.75 Å². The summed E-state index contributed by atoms with van der Waals surface area (Å²) < 4.78 is 12.1. The first-order valence-corrected chi connectivity index (χ1v) is 12.0. The fourth-order valence-corrected chi connectivity index (χ4v) is 5.24. The smallest absolute Gasteiger partial charge is 0.258 e. The summed E-state index contributed by atoms with van der Waals surface area (Å²) in [6, 6.07) is 7.21. The van der Waals surface area contributed by atoms with Crippen molar-refractivity contribution in [2.75, 3.05) is 32.8 Å². The molecule has 3 heterocycles. The summed E-state index contributed by atoms with van der Waals surface area (Å²) in [7, 11) is 0. The number of amides is 2. The summed E-state index contributed by atoms with van der Waals surface area (Å²) in [6.45, 7) is 2.49. The molecule has 4 aliphatic rings. The molecule has 0 aromatic heterocycles. The fourth-order valence-electron chi connectivity index (χ4n) is 5.24. The van der Waals surface area contributed by atoms with Gasteiger partial charge in [0, 0.05) is 38.6 Å². The van der Waals surface area contributed by atoms with Gasteiger partial charge in [0.25, 0.3) is 5.91 Å². The van der Waals surface area contributed by atoms with E-state index < -0.39 is 18.2 Å². The normalized spacial score (nSPS) is 32.6. The van der Waals surface area contributed by atoms with Gasteiger partial charge >= 0.3 is 0 Å². The van der Waals surface area contributed by atoms with E-state index in [4.69, 9.17) is 9.47 Å². The average Bonchev–Trinajstić information content (AvgIpc) is 2.77. The Morgan fingerprint density at radius 3 is 2.69 bits per heavy atom. The summed E-state index contributed by atoms with van der Waals surface area (Å²) in [5.41, 5.74) is 0.498. The van der Waals surface area contributed by atoms with Crippen molar-refractivity contribution in [3.63, 3.8) is 0 Å². The quantitative estimate of drug-likeness (QED) is 0.677. The summed E-state index contributed by atoms with van der Waals surface area (Å²) in [4.78, 5) is 30.9. The van der Waals surface area contributed by atoms with Gasteiger partial charge in [0.15, 0.2) is 0 Å². The van der Waals surface area contributed by atoms with Crippen LogP contribution in [0.2, 0.25) is 0 Å². The molecule has 1 saturated carbocycles. The second-order valence-electron chi connectivity index (χ2n) is 9.41. The molecule has 1 aromatic rings. The third kappa shape index (κ3) is 4.36. The maximum absolute atomic E-state index is 13.6. The van der Waals surface area contributed by atoms with Crippen molar-refractivity contribution in [2.45, 2.75) is 68.9 Å². The standard InChI is InChI=1S/C24H33N3O5/c28-20-9-8-17-10-13-31-21-7-2-1-6-18(21)24(30)27-12-11-26(16-4-3-5-16)15-19(27)23(29)25-14-22(20)32-17/h1-2,6-7,16-17,19-20,22,28H,3-5,8-15H2,(H,25,29)/t17-,19-,20-,22+/m0/s1. The lowest BCUT2D eigenvalue weighted by Crippen LogP contribution is -2.63. The largest absolute Gasteiger partial charge is 0.493 e. The molecule has 32 heavy (non-hydrogen) atoms. The van der Waals surface area contributed by atoms with Gasteiger partial charge in [0.2, 0.25) is 5.91 Å². The number of carbonyl (C=O) groups excluding carboxylic acids is 2. The molecule has 5 rings (SSSR count). The molecular weight excluding hydrogens is 410 g/mol. The maximum atomic E-state index is 13.6. The van der Waals surface area contributed by atoms with Crippen molar-refractivity contribution in [2.24, 2.45) is 0 Å². The van der Waals surface area contributed by atoms with Crippen molar-refractivity contribution >= 4 is 11.8 Å². The molecule has 2 N–H and O–H groups in total. The zero-order chi connectivity index (χ0) is 22.1. The van der Waals surface area contributed by atoms with E-state index in [-0.39, 0.29) is 24.5 Å². The highest BCUT2D eigenvalue weighted by molar-refractivity contribution is 6.00. The monoisotopic (exact) mass is 443 g/mol. The van der Waals surface area contributed by atoms with Gasteiger partial charge in [-0.05, 0) is 37.8 Å². The minimum Gasteiger partial charge on any atom is -0.493 e. The van der Waals surface area contributed by atoms with Crippen molar-refractivity contribution in [3.8, 4) is 5.75 Å². The van der Waals surface area contributed by atoms with Gasteiger partial charge in [-0.25, -0.2) is 0 Å². The zero-order valence-electron chi connectivity index (χ0n) is 18.4. The SMILES string of the molecule is O=C1NC[C@H]2O[C@H](CCOc3ccccc3C(=O)N3CCN(C4CCC4)C[C@@H]13)CC[C@@H]2O. The van der Waals surface area contributed by atoms with E-state index in [1.165, 1.54) is 6.42 Å². The minimum absolute atomic E-state index is 0.0357. The number of carbonyl (C=O) groups is 2. The minimum atomic E-state index is -0.600. The second-order valence-corrected chi connectivity index (χ2v) is 9.41. The fraction of sp³-hybridized carbons (Fsp3) is 0.667. The highest BCUT2D eigenvalue weighted by atomic mass is 16.5. The van der Waals surface area contributed by atoms with Crippen LogP contribution in [-0.4, -0.2) is 89.9 Å². The Morgan fingerprint density at radius 2 is 1.88 bits per heavy atom. The predicted molar refractivity (Wildman–Crippen MR) is 118 cm³/mol. The molecule has 1 aliphatic carbocycles. The summed E-state index contributed by atoms with van der Waals surface area (Å²) in [5.74, 6) is 0.195. The second kappa shape index (κ2) is 9.37. The van der Waals surface area contributed by atoms with E-state index in [0.717, 1.165) is 25.8 Å². The lowest BCUT2D eigenvalue weighted by atomic mass is 9.90. The summed E-state index contributed by atoms with van der Waals surface area (Å²) >= 11 is 0. The third-order valence-corrected chi connectivity index (χ3v) is 7.44. The number of piperazine rings is 1. The first kappa shape index (κ1) is 21.7. The van der Waals surface area contributed by atoms with Gasteiger partial charge in [-0.1, -0.05) is 18.6 Å². The van der Waals surface area contributed by atoms with Crippen LogP contribution in [0, 0.1) is 0 Å². The van der Waals surface area contributed by atoms with Gasteiger partial charge in [-0.2, -0.15) is 0 Å². The van der Waals surface area contributed by atoms with Crippen molar-refractivity contribution < 1.29 is 24.2 Å². The van der Waals surface area contributed by atoms with Crippen LogP contribution in [0.4, 0.5) is 0 Å². The molecule has 3 fully saturated rings. The molecule has 4 atom stereocenters. The zero-order valence-corrected chi connectivity index (χ0v) is 18.4. The van der Waals surface area contributed by atoms with E-state index in [1.54, 1.807) is 11.0 Å². The molecule has 0 spiro atoms. The van der Waals surface area contributed by atoms with Gasteiger partial charge < -0.3 is 24.8 Å². The molecular formula is C24H33N3O5. The van der Waals surface area contributed by atoms with Crippen LogP contribution in [0.25, 0.3) is 0 Å². The van der Waals surface area contributed by atoms with Crippen molar-refractivity contribution in [3.05, 3.63) is 29.8 Å². The topological polar surface area (TPSA) is 91.3 Å². The first-order valence-electron chi connectivity index (χ1n) is 12.0. The van der Waals surface area contributed by atoms with Crippen molar-refractivity contribution in [1.29, 1.82) is 0 Å². The highest BCUT2D eigenvalue weighted by Gasteiger charge is 2.40. The molecule has 0 radical (unpaired) electrons. The van der Waals surface area contributed by atoms with E-state index in [9.17, 15) is 14.7 Å². The Kier molecular flexibility index (Phi) is 6.35. The number of aliphatic hydroxyl groups excluding tert-OH is 1. The van der Waals surface area contributed by atoms with Gasteiger partial charge in [-0.15, -0.1) is 0 Å². The van der Waals surface area contributed by atoms with Crippen LogP contribution in [0.1, 0.15) is 48.9 Å². The molecule has 0 unspecified atom stereocenters. The number of fused-ring (bicyclic) bond motifs is 4. The molecule has 8 nitrogen and oxygen atoms in total. The van der Waals surface area contributed by atoms with Crippen LogP contribution < -0.4 is 10.1 Å². The lowest BCUT2D eigenvalue weighted by Gasteiger charge is -2.46.